The third-order valence-electron chi connectivity index (χ3n) is 2.18. The van der Waals surface area contributed by atoms with Crippen molar-refractivity contribution in [3.05, 3.63) is 0 Å². The minimum atomic E-state index is -1.44. The fourth-order valence-corrected chi connectivity index (χ4v) is 1.43. The zero-order valence-electron chi connectivity index (χ0n) is 10.1. The summed E-state index contributed by atoms with van der Waals surface area (Å²) in [5, 5.41) is 3.29. The molecule has 2 rings (SSSR count). The van der Waals surface area contributed by atoms with Crippen molar-refractivity contribution in [1.29, 1.82) is 0 Å². The van der Waals surface area contributed by atoms with Crippen LogP contribution >= 0.6 is 0 Å². The van der Waals surface area contributed by atoms with E-state index in [0.717, 1.165) is 13.1 Å². The molecule has 0 unspecified atom stereocenters. The number of rotatable bonds is 2. The van der Waals surface area contributed by atoms with Crippen molar-refractivity contribution in [3.8, 4) is 0 Å². The third kappa shape index (κ3) is 2.17. The molecule has 0 radical (unpaired) electrons. The lowest BCUT2D eigenvalue weighted by atomic mass is 10.2. The van der Waals surface area contributed by atoms with Crippen LogP contribution in [0.1, 0.15) is 23.9 Å². The van der Waals surface area contributed by atoms with Crippen molar-refractivity contribution >= 4 is 0 Å². The van der Waals surface area contributed by atoms with E-state index in [2.05, 4.69) is 12.2 Å². The molecule has 64 valence electrons. The molecule has 2 fully saturated rings. The minimum Gasteiger partial charge on any atom is -0.312 e. The summed E-state index contributed by atoms with van der Waals surface area (Å²) in [6.45, 7) is 2.89. The average Bonchev–Trinajstić information content (AvgIpc) is 2.85. The van der Waals surface area contributed by atoms with Gasteiger partial charge in [-0.15, -0.1) is 0 Å². The first-order valence-corrected chi connectivity index (χ1v) is 4.44. The Morgan fingerprint density at radius 3 is 3.18 bits per heavy atom. The van der Waals surface area contributed by atoms with Crippen LogP contribution in [0.15, 0.2) is 0 Å². The molecule has 0 bridgehead atoms. The van der Waals surface area contributed by atoms with Gasteiger partial charge in [-0.05, 0) is 25.7 Å². The standard InChI is InChI=1S/C9H18N2/c1-8-6-11(5-4-10-8)7-9-2-3-9/h8-10H,2-7H2,1H3/t8-/m0/s1/i7D2,9D. The summed E-state index contributed by atoms with van der Waals surface area (Å²) in [6, 6.07) is 0.334. The lowest BCUT2D eigenvalue weighted by Crippen LogP contribution is -2.49. The second kappa shape index (κ2) is 3.11. The van der Waals surface area contributed by atoms with E-state index < -0.39 is 12.4 Å². The highest BCUT2D eigenvalue weighted by Crippen LogP contribution is 2.29. The van der Waals surface area contributed by atoms with E-state index in [9.17, 15) is 0 Å². The summed E-state index contributed by atoms with van der Waals surface area (Å²) >= 11 is 0. The zero-order valence-corrected chi connectivity index (χ0v) is 7.06. The smallest absolute Gasteiger partial charge is 0.0433 e. The number of hydrogen-bond acceptors (Lipinski definition) is 2. The molecule has 0 aromatic rings. The lowest BCUT2D eigenvalue weighted by Gasteiger charge is -2.31. The second-order valence-corrected chi connectivity index (χ2v) is 3.52. The number of nitrogens with zero attached hydrogens (tertiary/aromatic N) is 1. The SMILES string of the molecule is [2H]C1(C([2H])([2H])N2CCN[C@@H](C)C2)CC1. The van der Waals surface area contributed by atoms with Crippen LogP contribution in [0, 0.1) is 5.89 Å². The van der Waals surface area contributed by atoms with Crippen molar-refractivity contribution in [1.82, 2.24) is 10.2 Å². The first-order valence-electron chi connectivity index (χ1n) is 5.94. The van der Waals surface area contributed by atoms with E-state index in [4.69, 9.17) is 4.11 Å². The number of nitrogens with one attached hydrogen (secondary N) is 1. The molecular formula is C9H18N2. The predicted molar refractivity (Wildman–Crippen MR) is 46.6 cm³/mol. The molecule has 1 aliphatic carbocycles. The van der Waals surface area contributed by atoms with Gasteiger partial charge in [-0.25, -0.2) is 0 Å². The Kier molecular flexibility index (Phi) is 1.37. The Morgan fingerprint density at radius 2 is 2.55 bits per heavy atom. The van der Waals surface area contributed by atoms with Crippen LogP contribution in [0.3, 0.4) is 0 Å². The zero-order chi connectivity index (χ0) is 10.4. The second-order valence-electron chi connectivity index (χ2n) is 3.52. The Balaban J connectivity index is 2.05. The molecule has 1 saturated carbocycles. The van der Waals surface area contributed by atoms with Gasteiger partial charge in [-0.1, -0.05) is 0 Å². The van der Waals surface area contributed by atoms with Crippen LogP contribution in [0.2, 0.25) is 0 Å². The molecular weight excluding hydrogens is 136 g/mol. The summed E-state index contributed by atoms with van der Waals surface area (Å²) in [5.41, 5.74) is 0. The molecule has 2 nitrogen and oxygen atoms in total. The molecule has 1 atom stereocenters. The molecule has 0 aromatic heterocycles. The van der Waals surface area contributed by atoms with Crippen LogP contribution in [0.5, 0.6) is 0 Å². The molecule has 1 heterocycles. The first-order chi connectivity index (χ1) is 6.46. The maximum atomic E-state index is 8.00. The molecule has 0 aromatic carbocycles. The topological polar surface area (TPSA) is 15.3 Å². The molecule has 0 spiro atoms. The molecule has 2 heteroatoms. The van der Waals surface area contributed by atoms with Gasteiger partial charge in [-0.2, -0.15) is 0 Å². The minimum absolute atomic E-state index is 0.334. The van der Waals surface area contributed by atoms with E-state index in [1.54, 1.807) is 0 Å². The maximum Gasteiger partial charge on any atom is 0.0433 e. The highest BCUT2D eigenvalue weighted by molar-refractivity contribution is 4.81. The Labute approximate surface area is 73.2 Å². The molecule has 1 saturated heterocycles. The number of hydrogen-bond donors (Lipinski definition) is 1. The van der Waals surface area contributed by atoms with E-state index in [0.29, 0.717) is 25.4 Å². The highest BCUT2D eigenvalue weighted by Gasteiger charge is 2.25. The Morgan fingerprint density at radius 1 is 1.73 bits per heavy atom. The lowest BCUT2D eigenvalue weighted by molar-refractivity contribution is 0.200. The van der Waals surface area contributed by atoms with Gasteiger partial charge in [-0.3, -0.25) is 0 Å². The molecule has 2 aliphatic rings. The molecule has 0 amide bonds. The van der Waals surface area contributed by atoms with Crippen LogP contribution in [0.4, 0.5) is 0 Å². The van der Waals surface area contributed by atoms with Crippen molar-refractivity contribution in [2.45, 2.75) is 25.8 Å². The summed E-state index contributed by atoms with van der Waals surface area (Å²) < 4.78 is 23.9. The summed E-state index contributed by atoms with van der Waals surface area (Å²) in [5.74, 6) is -0.829. The van der Waals surface area contributed by atoms with Crippen molar-refractivity contribution in [3.63, 3.8) is 0 Å². The van der Waals surface area contributed by atoms with Gasteiger partial charge in [0.05, 0.1) is 0 Å². The van der Waals surface area contributed by atoms with Crippen molar-refractivity contribution < 1.29 is 4.11 Å². The third-order valence-corrected chi connectivity index (χ3v) is 2.18. The normalized spacial score (nSPS) is 42.3. The van der Waals surface area contributed by atoms with E-state index in [-0.39, 0.29) is 0 Å². The quantitative estimate of drug-likeness (QED) is 0.634. The largest absolute Gasteiger partial charge is 0.312 e. The predicted octanol–water partition coefficient (Wildman–Crippen LogP) is 0.690. The van der Waals surface area contributed by atoms with Gasteiger partial charge in [0.1, 0.15) is 0 Å². The van der Waals surface area contributed by atoms with E-state index in [1.165, 1.54) is 0 Å². The van der Waals surface area contributed by atoms with Crippen molar-refractivity contribution in [2.75, 3.05) is 26.1 Å². The fraction of sp³-hybridized carbons (Fsp3) is 1.00. The molecule has 11 heavy (non-hydrogen) atoms. The summed E-state index contributed by atoms with van der Waals surface area (Å²) in [7, 11) is 0. The fourth-order valence-electron chi connectivity index (χ4n) is 1.43. The van der Waals surface area contributed by atoms with Crippen LogP contribution in [0.25, 0.3) is 0 Å². The van der Waals surface area contributed by atoms with Crippen molar-refractivity contribution in [2.24, 2.45) is 5.89 Å². The van der Waals surface area contributed by atoms with E-state index >= 15 is 0 Å². The van der Waals surface area contributed by atoms with Gasteiger partial charge >= 0.3 is 0 Å². The molecule has 1 aliphatic heterocycles. The van der Waals surface area contributed by atoms with Gasteiger partial charge in [0.15, 0.2) is 0 Å². The Hall–Kier alpha value is -0.0800. The van der Waals surface area contributed by atoms with Crippen LogP contribution < -0.4 is 5.32 Å². The van der Waals surface area contributed by atoms with Gasteiger partial charge < -0.3 is 10.2 Å². The summed E-state index contributed by atoms with van der Waals surface area (Å²) in [4.78, 5) is 1.83. The van der Waals surface area contributed by atoms with Gasteiger partial charge in [0.2, 0.25) is 0 Å². The highest BCUT2D eigenvalue weighted by atomic mass is 15.2. The number of piperazine rings is 1. The first kappa shape index (κ1) is 4.83. The summed E-state index contributed by atoms with van der Waals surface area (Å²) in [6.07, 6.45) is 1.41. The maximum absolute atomic E-state index is 8.00. The van der Waals surface area contributed by atoms with Crippen LogP contribution in [-0.4, -0.2) is 37.1 Å². The monoisotopic (exact) mass is 157 g/mol. The van der Waals surface area contributed by atoms with Gasteiger partial charge in [0, 0.05) is 36.3 Å². The van der Waals surface area contributed by atoms with Gasteiger partial charge in [0.25, 0.3) is 0 Å². The average molecular weight is 157 g/mol. The Bertz CT molecular complexity index is 228. The van der Waals surface area contributed by atoms with E-state index in [1.807, 2.05) is 4.90 Å². The molecule has 1 N–H and O–H groups in total. The van der Waals surface area contributed by atoms with Crippen LogP contribution in [-0.2, 0) is 0 Å².